The van der Waals surface area contributed by atoms with E-state index in [-0.39, 0.29) is 0 Å². The summed E-state index contributed by atoms with van der Waals surface area (Å²) in [6.07, 6.45) is 13.2. The van der Waals surface area contributed by atoms with E-state index in [2.05, 4.69) is 143 Å². The van der Waals surface area contributed by atoms with Crippen molar-refractivity contribution >= 4 is 23.2 Å². The largest absolute Gasteiger partial charge is 0.115 e. The van der Waals surface area contributed by atoms with Gasteiger partial charge in [-0.1, -0.05) is 97.8 Å². The van der Waals surface area contributed by atoms with Crippen molar-refractivity contribution in [2.45, 2.75) is 40.5 Å². The van der Waals surface area contributed by atoms with Crippen LogP contribution in [0.25, 0.3) is 0 Å². The molecule has 0 amide bonds. The minimum atomic E-state index is -1.82. The van der Waals surface area contributed by atoms with Gasteiger partial charge in [0.05, 0.1) is 6.16 Å². The van der Waals surface area contributed by atoms with E-state index < -0.39 is 7.26 Å². The Hall–Kier alpha value is -2.69. The molecule has 0 aliphatic heterocycles. The van der Waals surface area contributed by atoms with E-state index in [0.29, 0.717) is 11.3 Å². The number of rotatable bonds is 7. The maximum absolute atomic E-state index is 2.48. The lowest BCUT2D eigenvalue weighted by Gasteiger charge is -2.36. The molecule has 1 atom stereocenters. The smallest absolute Gasteiger partial charge is 0.0850 e. The molecule has 174 valence electrons. The molecule has 1 aliphatic rings. The van der Waals surface area contributed by atoms with Gasteiger partial charge in [0.25, 0.3) is 0 Å². The molecule has 0 fully saturated rings. The summed E-state index contributed by atoms with van der Waals surface area (Å²) in [6, 6.07) is 33.4. The highest BCUT2D eigenvalue weighted by molar-refractivity contribution is 7.95. The van der Waals surface area contributed by atoms with Crippen LogP contribution < -0.4 is 15.9 Å². The molecule has 1 aliphatic carbocycles. The van der Waals surface area contributed by atoms with E-state index in [1.165, 1.54) is 39.9 Å². The second-order valence-electron chi connectivity index (χ2n) is 10.3. The van der Waals surface area contributed by atoms with Crippen LogP contribution in [-0.4, -0.2) is 6.16 Å². The van der Waals surface area contributed by atoms with Crippen LogP contribution in [0.2, 0.25) is 0 Å². The first-order chi connectivity index (χ1) is 16.4. The highest BCUT2D eigenvalue weighted by Crippen LogP contribution is 2.55. The Morgan fingerprint density at radius 1 is 0.824 bits per heavy atom. The zero-order valence-electron chi connectivity index (χ0n) is 21.1. The molecule has 0 N–H and O–H groups in total. The van der Waals surface area contributed by atoms with Crippen molar-refractivity contribution in [3.63, 3.8) is 0 Å². The van der Waals surface area contributed by atoms with Crippen molar-refractivity contribution in [2.75, 3.05) is 6.16 Å². The van der Waals surface area contributed by atoms with Crippen molar-refractivity contribution in [3.05, 3.63) is 126 Å². The highest BCUT2D eigenvalue weighted by Gasteiger charge is 2.44. The summed E-state index contributed by atoms with van der Waals surface area (Å²) in [7, 11) is -1.82. The first kappa shape index (κ1) is 24.4. The molecule has 1 heteroatoms. The molecular formula is C33H38P+. The summed E-state index contributed by atoms with van der Waals surface area (Å²) in [4.78, 5) is 0. The lowest BCUT2D eigenvalue weighted by molar-refractivity contribution is 0.255. The molecule has 3 aromatic rings. The molecule has 4 rings (SSSR count). The zero-order valence-corrected chi connectivity index (χ0v) is 22.0. The second kappa shape index (κ2) is 10.7. The molecule has 0 saturated heterocycles. The van der Waals surface area contributed by atoms with Gasteiger partial charge in [-0.05, 0) is 74.6 Å². The Bertz CT molecular complexity index is 1050. The quantitative estimate of drug-likeness (QED) is 0.189. The van der Waals surface area contributed by atoms with Gasteiger partial charge in [-0.15, -0.1) is 0 Å². The van der Waals surface area contributed by atoms with Gasteiger partial charge in [-0.2, -0.15) is 0 Å². The number of allylic oxidation sites excluding steroid dienone is 6. The lowest BCUT2D eigenvalue weighted by Crippen LogP contribution is -2.33. The summed E-state index contributed by atoms with van der Waals surface area (Å²) in [5.41, 5.74) is 3.19. The Morgan fingerprint density at radius 2 is 1.29 bits per heavy atom. The fourth-order valence-electron chi connectivity index (χ4n) is 5.39. The van der Waals surface area contributed by atoms with Crippen LogP contribution in [-0.2, 0) is 0 Å². The fraction of sp³-hybridized carbons (Fsp3) is 0.273. The lowest BCUT2D eigenvalue weighted by atomic mass is 9.68. The van der Waals surface area contributed by atoms with Crippen molar-refractivity contribution < 1.29 is 0 Å². The van der Waals surface area contributed by atoms with E-state index in [4.69, 9.17) is 0 Å². The van der Waals surface area contributed by atoms with Crippen LogP contribution >= 0.6 is 7.26 Å². The van der Waals surface area contributed by atoms with Crippen LogP contribution in [0, 0.1) is 11.3 Å². The van der Waals surface area contributed by atoms with Gasteiger partial charge in [0.1, 0.15) is 23.2 Å². The predicted octanol–water partition coefficient (Wildman–Crippen LogP) is 7.87. The van der Waals surface area contributed by atoms with Gasteiger partial charge >= 0.3 is 0 Å². The molecular weight excluding hydrogens is 427 g/mol. The Kier molecular flexibility index (Phi) is 7.70. The van der Waals surface area contributed by atoms with Crippen molar-refractivity contribution in [2.24, 2.45) is 11.3 Å². The molecule has 0 saturated carbocycles. The normalized spacial score (nSPS) is 18.6. The molecule has 0 spiro atoms. The molecule has 0 aromatic heterocycles. The third kappa shape index (κ3) is 5.18. The molecule has 0 radical (unpaired) electrons. The third-order valence-corrected chi connectivity index (χ3v) is 11.7. The first-order valence-electron chi connectivity index (χ1n) is 12.5. The Balaban J connectivity index is 1.75. The summed E-state index contributed by atoms with van der Waals surface area (Å²) in [5, 5.41) is 4.31. The minimum absolute atomic E-state index is 0.324. The van der Waals surface area contributed by atoms with Crippen molar-refractivity contribution in [1.29, 1.82) is 0 Å². The van der Waals surface area contributed by atoms with Crippen molar-refractivity contribution in [1.82, 2.24) is 0 Å². The van der Waals surface area contributed by atoms with Gasteiger partial charge in [0.15, 0.2) is 0 Å². The fourth-order valence-corrected chi connectivity index (χ4v) is 9.52. The second-order valence-corrected chi connectivity index (χ2v) is 13.8. The molecule has 0 heterocycles. The van der Waals surface area contributed by atoms with Crippen molar-refractivity contribution in [3.8, 4) is 0 Å². The van der Waals surface area contributed by atoms with E-state index in [1.807, 2.05) is 0 Å². The van der Waals surface area contributed by atoms with Crippen LogP contribution in [0.4, 0.5) is 0 Å². The van der Waals surface area contributed by atoms with Crippen LogP contribution in [0.15, 0.2) is 126 Å². The SMILES string of the molecule is CC1=CCCC(C)(C)[C@H]1/C=C/C(C)=C/C[P+](c1ccccc1)(c1ccccc1)c1ccccc1. The summed E-state index contributed by atoms with van der Waals surface area (Å²) >= 11 is 0. The van der Waals surface area contributed by atoms with Gasteiger partial charge in [-0.25, -0.2) is 0 Å². The molecule has 0 nitrogen and oxygen atoms in total. The number of hydrogen-bond donors (Lipinski definition) is 0. The topological polar surface area (TPSA) is 0 Å². The summed E-state index contributed by atoms with van der Waals surface area (Å²) < 4.78 is 0. The van der Waals surface area contributed by atoms with Gasteiger partial charge in [0, 0.05) is 5.92 Å². The average Bonchev–Trinajstić information content (AvgIpc) is 2.86. The van der Waals surface area contributed by atoms with Gasteiger partial charge in [-0.3, -0.25) is 0 Å². The van der Waals surface area contributed by atoms with Gasteiger partial charge in [0.2, 0.25) is 0 Å². The first-order valence-corrected chi connectivity index (χ1v) is 14.5. The highest BCUT2D eigenvalue weighted by atomic mass is 31.2. The predicted molar refractivity (Wildman–Crippen MR) is 153 cm³/mol. The van der Waals surface area contributed by atoms with E-state index in [0.717, 1.165) is 6.16 Å². The average molecular weight is 466 g/mol. The maximum Gasteiger partial charge on any atom is 0.115 e. The van der Waals surface area contributed by atoms with E-state index in [9.17, 15) is 0 Å². The Morgan fingerprint density at radius 3 is 1.74 bits per heavy atom. The Labute approximate surface area is 207 Å². The molecule has 3 aromatic carbocycles. The third-order valence-electron chi connectivity index (χ3n) is 7.42. The number of benzene rings is 3. The van der Waals surface area contributed by atoms with E-state index >= 15 is 0 Å². The van der Waals surface area contributed by atoms with Crippen LogP contribution in [0.1, 0.15) is 40.5 Å². The monoisotopic (exact) mass is 465 g/mol. The molecule has 0 unspecified atom stereocenters. The number of hydrogen-bond acceptors (Lipinski definition) is 0. The minimum Gasteiger partial charge on any atom is -0.0850 e. The zero-order chi connectivity index (χ0) is 24.0. The van der Waals surface area contributed by atoms with Crippen LogP contribution in [0.3, 0.4) is 0 Å². The standard InChI is InChI=1S/C33H38P/c1-27(22-23-32-28(2)15-14-25-33(32,3)4)24-26-34(29-16-8-5-9-17-29,30-18-10-6-11-19-30)31-20-12-7-13-21-31/h5-13,15-24,32H,14,25-26H2,1-4H3/q+1/b23-22+,27-24+/t32-/m0/s1. The molecule has 0 bridgehead atoms. The van der Waals surface area contributed by atoms with E-state index in [1.54, 1.807) is 0 Å². The maximum atomic E-state index is 2.48. The summed E-state index contributed by atoms with van der Waals surface area (Å²) in [6.45, 7) is 9.38. The molecule has 34 heavy (non-hydrogen) atoms. The van der Waals surface area contributed by atoms with Gasteiger partial charge < -0.3 is 0 Å². The summed E-state index contributed by atoms with van der Waals surface area (Å²) in [5.74, 6) is 0.515. The van der Waals surface area contributed by atoms with Crippen LogP contribution in [0.5, 0.6) is 0 Å².